The predicted octanol–water partition coefficient (Wildman–Crippen LogP) is 1.71. The van der Waals surface area contributed by atoms with Gasteiger partial charge in [-0.25, -0.2) is 0 Å². The van der Waals surface area contributed by atoms with Crippen LogP contribution in [0.2, 0.25) is 0 Å². The number of benzene rings is 1. The van der Waals surface area contributed by atoms with Gasteiger partial charge in [0.15, 0.2) is 6.29 Å². The number of aliphatic hydroxyl groups is 1. The normalized spacial score (nSPS) is 30.1. The maximum atomic E-state index is 9.70. The molecule has 18 heavy (non-hydrogen) atoms. The van der Waals surface area contributed by atoms with Gasteiger partial charge in [-0.2, -0.15) is 0 Å². The van der Waals surface area contributed by atoms with Crippen molar-refractivity contribution in [3.63, 3.8) is 0 Å². The average Bonchev–Trinajstić information content (AvgIpc) is 2.38. The van der Waals surface area contributed by atoms with Crippen molar-refractivity contribution in [3.8, 4) is 0 Å². The molecule has 0 amide bonds. The highest BCUT2D eigenvalue weighted by Crippen LogP contribution is 2.19. The largest absolute Gasteiger partial charge is 0.391 e. The van der Waals surface area contributed by atoms with Crippen molar-refractivity contribution in [1.29, 1.82) is 0 Å². The molecule has 0 spiro atoms. The van der Waals surface area contributed by atoms with E-state index in [4.69, 9.17) is 14.2 Å². The molecule has 0 aliphatic carbocycles. The first-order valence-electron chi connectivity index (χ1n) is 6.27. The van der Waals surface area contributed by atoms with E-state index in [1.165, 1.54) is 0 Å². The highest BCUT2D eigenvalue weighted by Gasteiger charge is 2.34. The van der Waals surface area contributed by atoms with E-state index in [1.54, 1.807) is 6.92 Å². The third-order valence-electron chi connectivity index (χ3n) is 2.99. The Morgan fingerprint density at radius 2 is 2.11 bits per heavy atom. The molecule has 2 rings (SSSR count). The molecule has 1 aromatic carbocycles. The molecule has 1 fully saturated rings. The Balaban J connectivity index is 1.91. The van der Waals surface area contributed by atoms with E-state index in [9.17, 15) is 5.11 Å². The van der Waals surface area contributed by atoms with Crippen molar-refractivity contribution < 1.29 is 19.3 Å². The van der Waals surface area contributed by atoms with Gasteiger partial charge >= 0.3 is 0 Å². The third kappa shape index (κ3) is 3.53. The van der Waals surface area contributed by atoms with Crippen LogP contribution in [0.5, 0.6) is 0 Å². The Hall–Kier alpha value is -0.940. The number of aliphatic hydroxyl groups excluding tert-OH is 1. The minimum absolute atomic E-state index is 0.235. The Morgan fingerprint density at radius 1 is 1.39 bits per heavy atom. The zero-order valence-electron chi connectivity index (χ0n) is 10.8. The third-order valence-corrected chi connectivity index (χ3v) is 2.99. The fourth-order valence-electron chi connectivity index (χ4n) is 2.02. The average molecular weight is 252 g/mol. The molecule has 1 aliphatic rings. The van der Waals surface area contributed by atoms with Crippen LogP contribution in [0, 0.1) is 0 Å². The van der Waals surface area contributed by atoms with Crippen LogP contribution in [-0.2, 0) is 20.8 Å². The van der Waals surface area contributed by atoms with Gasteiger partial charge in [-0.1, -0.05) is 30.3 Å². The van der Waals surface area contributed by atoms with E-state index < -0.39 is 6.10 Å². The molecule has 0 unspecified atom stereocenters. The molecule has 1 heterocycles. The van der Waals surface area contributed by atoms with Gasteiger partial charge in [0, 0.05) is 0 Å². The number of hydrogen-bond acceptors (Lipinski definition) is 4. The Bertz CT molecular complexity index is 352. The lowest BCUT2D eigenvalue weighted by atomic mass is 10.1. The SMILES string of the molecule is C[C@@H]1OC[C@@H](OCc2ccccc2)[C@H]([C@@H](C)O)O1. The lowest BCUT2D eigenvalue weighted by molar-refractivity contribution is -0.273. The van der Waals surface area contributed by atoms with Gasteiger partial charge in [0.2, 0.25) is 0 Å². The second-order valence-corrected chi connectivity index (χ2v) is 4.58. The minimum Gasteiger partial charge on any atom is -0.391 e. The number of rotatable bonds is 4. The molecule has 4 heteroatoms. The summed E-state index contributed by atoms with van der Waals surface area (Å²) >= 11 is 0. The van der Waals surface area contributed by atoms with Gasteiger partial charge in [-0.05, 0) is 19.4 Å². The zero-order chi connectivity index (χ0) is 13.0. The summed E-state index contributed by atoms with van der Waals surface area (Å²) in [7, 11) is 0. The molecule has 1 aromatic rings. The van der Waals surface area contributed by atoms with Gasteiger partial charge in [0.1, 0.15) is 12.2 Å². The van der Waals surface area contributed by atoms with Crippen LogP contribution in [0.3, 0.4) is 0 Å². The van der Waals surface area contributed by atoms with Gasteiger partial charge < -0.3 is 19.3 Å². The lowest BCUT2D eigenvalue weighted by Crippen LogP contribution is -2.49. The topological polar surface area (TPSA) is 47.9 Å². The zero-order valence-corrected chi connectivity index (χ0v) is 10.8. The van der Waals surface area contributed by atoms with Crippen molar-refractivity contribution in [3.05, 3.63) is 35.9 Å². The number of ether oxygens (including phenoxy) is 3. The second-order valence-electron chi connectivity index (χ2n) is 4.58. The summed E-state index contributed by atoms with van der Waals surface area (Å²) in [5.74, 6) is 0. The summed E-state index contributed by atoms with van der Waals surface area (Å²) < 4.78 is 16.7. The van der Waals surface area contributed by atoms with Crippen molar-refractivity contribution in [1.82, 2.24) is 0 Å². The van der Waals surface area contributed by atoms with Crippen LogP contribution >= 0.6 is 0 Å². The molecule has 0 aromatic heterocycles. The maximum absolute atomic E-state index is 9.70. The quantitative estimate of drug-likeness (QED) is 0.886. The molecule has 1 aliphatic heterocycles. The molecule has 0 bridgehead atoms. The molecule has 100 valence electrons. The highest BCUT2D eigenvalue weighted by molar-refractivity contribution is 5.13. The van der Waals surface area contributed by atoms with Crippen molar-refractivity contribution in [2.45, 2.75) is 45.1 Å². The van der Waals surface area contributed by atoms with E-state index in [0.29, 0.717) is 13.2 Å². The molecule has 0 saturated carbocycles. The molecular formula is C14H20O4. The Labute approximate surface area is 107 Å². The van der Waals surface area contributed by atoms with E-state index in [2.05, 4.69) is 0 Å². The van der Waals surface area contributed by atoms with Crippen molar-refractivity contribution in [2.75, 3.05) is 6.61 Å². The molecular weight excluding hydrogens is 232 g/mol. The molecule has 0 radical (unpaired) electrons. The van der Waals surface area contributed by atoms with Crippen molar-refractivity contribution >= 4 is 0 Å². The number of hydrogen-bond donors (Lipinski definition) is 1. The summed E-state index contributed by atoms with van der Waals surface area (Å²) in [4.78, 5) is 0. The van der Waals surface area contributed by atoms with Gasteiger partial charge in [0.25, 0.3) is 0 Å². The second kappa shape index (κ2) is 6.29. The first-order valence-corrected chi connectivity index (χ1v) is 6.27. The van der Waals surface area contributed by atoms with Gasteiger partial charge in [0.05, 0.1) is 19.3 Å². The minimum atomic E-state index is -0.572. The van der Waals surface area contributed by atoms with E-state index in [1.807, 2.05) is 37.3 Å². The van der Waals surface area contributed by atoms with Crippen LogP contribution in [0.1, 0.15) is 19.4 Å². The fourth-order valence-corrected chi connectivity index (χ4v) is 2.02. The summed E-state index contributed by atoms with van der Waals surface area (Å²) in [5.41, 5.74) is 1.10. The summed E-state index contributed by atoms with van der Waals surface area (Å²) in [6.07, 6.45) is -1.43. The molecule has 4 atom stereocenters. The first-order chi connectivity index (χ1) is 8.66. The summed E-state index contributed by atoms with van der Waals surface area (Å²) in [5, 5.41) is 9.70. The smallest absolute Gasteiger partial charge is 0.155 e. The Morgan fingerprint density at radius 3 is 2.78 bits per heavy atom. The van der Waals surface area contributed by atoms with Gasteiger partial charge in [-0.3, -0.25) is 0 Å². The van der Waals surface area contributed by atoms with Crippen LogP contribution in [-0.4, -0.2) is 36.3 Å². The standard InChI is InChI=1S/C14H20O4/c1-10(15)14-13(9-16-11(2)18-14)17-8-12-6-4-3-5-7-12/h3-7,10-11,13-15H,8-9H2,1-2H3/t10-,11-,13-,14+/m1/s1. The summed E-state index contributed by atoms with van der Waals surface area (Å²) in [6.45, 7) is 4.48. The highest BCUT2D eigenvalue weighted by atomic mass is 16.7. The monoisotopic (exact) mass is 252 g/mol. The van der Waals surface area contributed by atoms with Crippen LogP contribution in [0.4, 0.5) is 0 Å². The molecule has 1 saturated heterocycles. The van der Waals surface area contributed by atoms with Crippen molar-refractivity contribution in [2.24, 2.45) is 0 Å². The van der Waals surface area contributed by atoms with Gasteiger partial charge in [-0.15, -0.1) is 0 Å². The Kier molecular flexibility index (Phi) is 4.72. The van der Waals surface area contributed by atoms with Crippen LogP contribution in [0.25, 0.3) is 0 Å². The summed E-state index contributed by atoms with van der Waals surface area (Å²) in [6, 6.07) is 9.92. The molecule has 4 nitrogen and oxygen atoms in total. The fraction of sp³-hybridized carbons (Fsp3) is 0.571. The lowest BCUT2D eigenvalue weighted by Gasteiger charge is -2.36. The van der Waals surface area contributed by atoms with Crippen LogP contribution < -0.4 is 0 Å². The predicted molar refractivity (Wildman–Crippen MR) is 67.0 cm³/mol. The van der Waals surface area contributed by atoms with E-state index in [-0.39, 0.29) is 18.5 Å². The van der Waals surface area contributed by atoms with E-state index in [0.717, 1.165) is 5.56 Å². The van der Waals surface area contributed by atoms with E-state index >= 15 is 0 Å². The molecule has 1 N–H and O–H groups in total. The van der Waals surface area contributed by atoms with Crippen LogP contribution in [0.15, 0.2) is 30.3 Å². The maximum Gasteiger partial charge on any atom is 0.155 e. The first kappa shape index (κ1) is 13.5.